The van der Waals surface area contributed by atoms with Gasteiger partial charge in [0, 0.05) is 42.0 Å². The molecule has 0 radical (unpaired) electrons. The number of rotatable bonds is 14. The van der Waals surface area contributed by atoms with Crippen molar-refractivity contribution in [2.75, 3.05) is 39.8 Å². The highest BCUT2D eigenvalue weighted by atomic mass is 35.5. The van der Waals surface area contributed by atoms with Gasteiger partial charge in [-0.25, -0.2) is 14.8 Å². The van der Waals surface area contributed by atoms with Crippen molar-refractivity contribution < 1.29 is 43.4 Å². The highest BCUT2D eigenvalue weighted by molar-refractivity contribution is 6.30. The number of fused-ring (bicyclic) bond motifs is 5. The minimum absolute atomic E-state index is 0.0656. The number of amides is 5. The van der Waals surface area contributed by atoms with Gasteiger partial charge in [0.05, 0.1) is 19.6 Å². The van der Waals surface area contributed by atoms with E-state index in [1.807, 2.05) is 18.2 Å². The molecule has 1 aromatic heterocycles. The van der Waals surface area contributed by atoms with Crippen molar-refractivity contribution >= 4 is 52.9 Å². The van der Waals surface area contributed by atoms with Crippen LogP contribution in [-0.4, -0.2) is 107 Å². The van der Waals surface area contributed by atoms with Crippen LogP contribution in [-0.2, 0) is 35.1 Å². The standard InChI is InChI=1S/C46H42ClN7O9.C4H11N/c1-54(40(58)24-52-43(59)30-8-4-27(5-9-30)28-10-13-32(47)14-11-28)41-31-12-15-34(29-6-7-29)35(21-31)36-19-26(3-16-38(36)56)20-37(53-39(57)23-51-45(41)61)44(60)50-22-33(55)25-63-46(62)42-48-17-2-18-49-42;1-2-3-4-5/h2-5,8-19,21,29,37,41,56H,6-7,20,22-25H2,1H3,(H,50,60)(H,51,61)(H,52,59)(H,53,57);2-5H2,1H3. The third kappa shape index (κ3) is 13.5. The first-order valence-corrected chi connectivity index (χ1v) is 22.5. The van der Waals surface area contributed by atoms with Gasteiger partial charge in [-0.3, -0.25) is 28.8 Å². The molecular weight excluding hydrogens is 892 g/mol. The van der Waals surface area contributed by atoms with Crippen LogP contribution in [0, 0.1) is 0 Å². The molecule has 4 aromatic carbocycles. The van der Waals surface area contributed by atoms with Crippen molar-refractivity contribution in [3.8, 4) is 28.0 Å². The molecule has 4 bridgehead atoms. The zero-order valence-electron chi connectivity index (χ0n) is 37.6. The van der Waals surface area contributed by atoms with Crippen LogP contribution < -0.4 is 27.0 Å². The molecule has 0 spiro atoms. The number of Topliss-reactive ketones (excluding diaryl/α,β-unsaturated/α-hetero) is 1. The fourth-order valence-electron chi connectivity index (χ4n) is 7.32. The fraction of sp³-hybridized carbons (Fsp3) is 0.300. The lowest BCUT2D eigenvalue weighted by atomic mass is 9.90. The van der Waals surface area contributed by atoms with Crippen LogP contribution in [0.1, 0.15) is 82.2 Å². The molecule has 5 aromatic rings. The number of benzene rings is 4. The van der Waals surface area contributed by atoms with E-state index in [9.17, 15) is 38.7 Å². The Morgan fingerprint density at radius 1 is 0.882 bits per heavy atom. The summed E-state index contributed by atoms with van der Waals surface area (Å²) in [5.74, 6) is -5.06. The predicted octanol–water partition coefficient (Wildman–Crippen LogP) is 4.42. The van der Waals surface area contributed by atoms with Crippen LogP contribution in [0.25, 0.3) is 22.3 Å². The van der Waals surface area contributed by atoms with Crippen LogP contribution in [0.3, 0.4) is 0 Å². The van der Waals surface area contributed by atoms with Crippen LogP contribution in [0.15, 0.2) is 103 Å². The maximum absolute atomic E-state index is 14.1. The van der Waals surface area contributed by atoms with Crippen molar-refractivity contribution in [3.05, 3.63) is 136 Å². The summed E-state index contributed by atoms with van der Waals surface area (Å²) >= 11 is 6.01. The average molecular weight is 945 g/mol. The Morgan fingerprint density at radius 3 is 2.22 bits per heavy atom. The molecule has 2 atom stereocenters. The molecule has 7 rings (SSSR count). The van der Waals surface area contributed by atoms with E-state index in [-0.39, 0.29) is 23.9 Å². The van der Waals surface area contributed by atoms with Crippen molar-refractivity contribution in [2.45, 2.75) is 57.0 Å². The van der Waals surface area contributed by atoms with Crippen molar-refractivity contribution in [1.29, 1.82) is 0 Å². The number of esters is 1. The highest BCUT2D eigenvalue weighted by Crippen LogP contribution is 2.47. The molecule has 354 valence electrons. The summed E-state index contributed by atoms with van der Waals surface area (Å²) in [6, 6.07) is 23.1. The molecule has 1 aliphatic carbocycles. The number of ether oxygens (including phenoxy) is 1. The second-order valence-corrected chi connectivity index (χ2v) is 16.7. The molecule has 2 heterocycles. The van der Waals surface area contributed by atoms with Crippen molar-refractivity contribution in [1.82, 2.24) is 36.1 Å². The summed E-state index contributed by atoms with van der Waals surface area (Å²) < 4.78 is 4.96. The normalized spacial score (nSPS) is 15.5. The number of hydrogen-bond donors (Lipinski definition) is 6. The maximum atomic E-state index is 14.1. The lowest BCUT2D eigenvalue weighted by Gasteiger charge is -2.29. The fourth-order valence-corrected chi connectivity index (χ4v) is 7.45. The minimum Gasteiger partial charge on any atom is -0.507 e. The van der Waals surface area contributed by atoms with E-state index < -0.39 is 79.6 Å². The average Bonchev–Trinajstić information content (AvgIpc) is 4.20. The van der Waals surface area contributed by atoms with Crippen LogP contribution in [0.4, 0.5) is 0 Å². The third-order valence-corrected chi connectivity index (χ3v) is 11.4. The summed E-state index contributed by atoms with van der Waals surface area (Å²) in [5, 5.41) is 22.1. The SMILES string of the molecule is CCCCN.CN(C(=O)CNC(=O)c1ccc(-c2ccc(Cl)cc2)cc1)C1C(=O)NCC(=O)NC(C(=O)NCC(=O)COC(=O)c2ncccn2)Cc2ccc(O)c(c2)-c2cc1ccc2C1CC1. The van der Waals surface area contributed by atoms with E-state index in [2.05, 4.69) is 38.2 Å². The van der Waals surface area contributed by atoms with Gasteiger partial charge in [-0.15, -0.1) is 0 Å². The number of halogens is 1. The number of ketones is 1. The number of nitrogens with two attached hydrogens (primary N) is 1. The van der Waals surface area contributed by atoms with Gasteiger partial charge in [0.1, 0.15) is 17.8 Å². The van der Waals surface area contributed by atoms with E-state index in [1.165, 1.54) is 49.3 Å². The van der Waals surface area contributed by atoms with Gasteiger partial charge in [0.25, 0.3) is 5.91 Å². The molecule has 68 heavy (non-hydrogen) atoms. The van der Waals surface area contributed by atoms with Gasteiger partial charge in [-0.2, -0.15) is 0 Å². The van der Waals surface area contributed by atoms with Crippen LogP contribution in [0.2, 0.25) is 5.02 Å². The topological polar surface area (TPSA) is 252 Å². The predicted molar refractivity (Wildman–Crippen MR) is 253 cm³/mol. The molecule has 0 saturated heterocycles. The summed E-state index contributed by atoms with van der Waals surface area (Å²) in [5.41, 5.74) is 10.1. The Balaban J connectivity index is 0.00000145. The second kappa shape index (κ2) is 23.8. The molecule has 5 amide bonds. The number of carbonyl (C=O) groups is 7. The second-order valence-electron chi connectivity index (χ2n) is 16.2. The summed E-state index contributed by atoms with van der Waals surface area (Å²) in [4.78, 5) is 101. The van der Waals surface area contributed by atoms with E-state index in [0.717, 1.165) is 36.1 Å². The number of aromatic hydroxyl groups is 1. The van der Waals surface area contributed by atoms with E-state index >= 15 is 0 Å². The smallest absolute Gasteiger partial charge is 0.376 e. The van der Waals surface area contributed by atoms with Gasteiger partial charge in [0.2, 0.25) is 29.5 Å². The molecule has 17 nitrogen and oxygen atoms in total. The Hall–Kier alpha value is -7.50. The van der Waals surface area contributed by atoms with Gasteiger partial charge < -0.3 is 41.7 Å². The van der Waals surface area contributed by atoms with Crippen LogP contribution >= 0.6 is 11.6 Å². The molecule has 1 aliphatic heterocycles. The summed E-state index contributed by atoms with van der Waals surface area (Å²) in [6.07, 6.45) is 6.81. The van der Waals surface area contributed by atoms with E-state index in [4.69, 9.17) is 22.1 Å². The van der Waals surface area contributed by atoms with E-state index in [1.54, 1.807) is 60.7 Å². The van der Waals surface area contributed by atoms with Gasteiger partial charge in [-0.1, -0.05) is 67.4 Å². The minimum atomic E-state index is -1.30. The zero-order valence-corrected chi connectivity index (χ0v) is 38.4. The Morgan fingerprint density at radius 2 is 1.57 bits per heavy atom. The number of phenols is 1. The quantitative estimate of drug-likeness (QED) is 0.0847. The third-order valence-electron chi connectivity index (χ3n) is 11.2. The Bertz CT molecular complexity index is 2620. The number of likely N-dealkylation sites (N-methyl/N-ethyl adjacent to an activating group) is 1. The molecule has 2 aliphatic rings. The zero-order chi connectivity index (χ0) is 48.7. The number of nitrogens with zero attached hydrogens (tertiary/aromatic N) is 3. The Labute approximate surface area is 398 Å². The molecule has 2 unspecified atom stereocenters. The maximum Gasteiger partial charge on any atom is 0.376 e. The number of hydrogen-bond acceptors (Lipinski definition) is 12. The first-order chi connectivity index (χ1) is 32.8. The molecular formula is C50H53ClN8O9. The van der Waals surface area contributed by atoms with Crippen molar-refractivity contribution in [2.24, 2.45) is 5.73 Å². The van der Waals surface area contributed by atoms with E-state index in [0.29, 0.717) is 32.8 Å². The summed E-state index contributed by atoms with van der Waals surface area (Å²) in [6.45, 7) is 0.714. The summed E-state index contributed by atoms with van der Waals surface area (Å²) in [7, 11) is 1.41. The monoisotopic (exact) mass is 944 g/mol. The van der Waals surface area contributed by atoms with Crippen LogP contribution in [0.5, 0.6) is 5.75 Å². The number of nitrogens with one attached hydrogen (secondary N) is 4. The molecule has 18 heteroatoms. The lowest BCUT2D eigenvalue weighted by molar-refractivity contribution is -0.139. The van der Waals surface area contributed by atoms with Gasteiger partial charge in [0.15, 0.2) is 12.4 Å². The number of unbranched alkanes of at least 4 members (excludes halogenated alkanes) is 1. The van der Waals surface area contributed by atoms with Gasteiger partial charge in [-0.05, 0) is 114 Å². The molecule has 1 saturated carbocycles. The number of phenolic OH excluding ortho intramolecular Hbond substituents is 1. The highest BCUT2D eigenvalue weighted by Gasteiger charge is 2.33. The van der Waals surface area contributed by atoms with Crippen molar-refractivity contribution in [3.63, 3.8) is 0 Å². The van der Waals surface area contributed by atoms with Gasteiger partial charge >= 0.3 is 5.97 Å². The number of aromatic nitrogens is 2. The first-order valence-electron chi connectivity index (χ1n) is 22.1. The molecule has 7 N–H and O–H groups in total. The Kier molecular flexibility index (Phi) is 17.5. The first kappa shape index (κ1) is 49.9. The largest absolute Gasteiger partial charge is 0.507 e. The molecule has 1 fully saturated rings. The number of carbonyl (C=O) groups excluding carboxylic acids is 7. The lowest BCUT2D eigenvalue weighted by Crippen LogP contribution is -2.52.